The van der Waals surface area contributed by atoms with E-state index in [9.17, 15) is 28.0 Å². The topological polar surface area (TPSA) is 226 Å². The number of nitrogens with one attached hydrogen (secondary N) is 1. The van der Waals surface area contributed by atoms with Gasteiger partial charge in [-0.1, -0.05) is 35.4 Å². The predicted octanol–water partition coefficient (Wildman–Crippen LogP) is 3.91. The third-order valence-corrected chi connectivity index (χ3v) is 5.74. The number of aromatic hydroxyl groups is 1. The van der Waals surface area contributed by atoms with Gasteiger partial charge in [-0.2, -0.15) is 13.5 Å². The highest BCUT2D eigenvalue weighted by atomic mass is 32.2. The molecule has 0 aliphatic rings. The Balaban J connectivity index is 2.01. The van der Waals surface area contributed by atoms with Crippen LogP contribution >= 0.6 is 12.0 Å². The monoisotopic (exact) mass is 535 g/mol. The van der Waals surface area contributed by atoms with Crippen molar-refractivity contribution in [2.24, 2.45) is 15.3 Å². The molecule has 0 aromatic heterocycles. The van der Waals surface area contributed by atoms with Crippen LogP contribution in [0.4, 0.5) is 17.1 Å². The highest BCUT2D eigenvalue weighted by Crippen LogP contribution is 2.35. The maximum atomic E-state index is 11.6. The summed E-state index contributed by atoms with van der Waals surface area (Å²) < 4.78 is 36.2. The maximum Gasteiger partial charge on any atom is 0.338 e. The van der Waals surface area contributed by atoms with Gasteiger partial charge in [0.15, 0.2) is 5.75 Å². The minimum atomic E-state index is -4.64. The third-order valence-electron chi connectivity index (χ3n) is 4.34. The van der Waals surface area contributed by atoms with Crippen molar-refractivity contribution in [1.29, 1.82) is 0 Å². The van der Waals surface area contributed by atoms with Crippen LogP contribution in [0.15, 0.2) is 85.8 Å². The fraction of sp³-hybridized carbons (Fsp3) is 0. The van der Waals surface area contributed by atoms with Crippen LogP contribution in [0, 0.1) is 0 Å². The van der Waals surface area contributed by atoms with Crippen molar-refractivity contribution in [3.05, 3.63) is 71.8 Å². The highest BCUT2D eigenvalue weighted by Gasteiger charge is 2.17. The van der Waals surface area contributed by atoms with E-state index in [1.807, 2.05) is 0 Å². The lowest BCUT2D eigenvalue weighted by molar-refractivity contribution is -0.432. The minimum absolute atomic E-state index is 0.0198. The lowest BCUT2D eigenvalue weighted by Crippen LogP contribution is -2.04. The quantitative estimate of drug-likeness (QED) is 0.0264. The molecule has 0 fully saturated rings. The van der Waals surface area contributed by atoms with Crippen LogP contribution < -0.4 is 11.2 Å². The summed E-state index contributed by atoms with van der Waals surface area (Å²) in [6.45, 7) is 0. The van der Waals surface area contributed by atoms with Crippen molar-refractivity contribution >= 4 is 51.0 Å². The molecule has 0 heterocycles. The summed E-state index contributed by atoms with van der Waals surface area (Å²) in [5, 5.41) is 43.5. The van der Waals surface area contributed by atoms with E-state index in [0.717, 1.165) is 18.2 Å². The van der Waals surface area contributed by atoms with Crippen LogP contribution in [0.3, 0.4) is 0 Å². The number of hydrogen-bond donors (Lipinski definition) is 6. The molecular formula is C20H17N5O9S2. The van der Waals surface area contributed by atoms with Crippen LogP contribution in [0.2, 0.25) is 0 Å². The Hall–Kier alpha value is -4.06. The van der Waals surface area contributed by atoms with Gasteiger partial charge in [-0.3, -0.25) is 9.98 Å². The lowest BCUT2D eigenvalue weighted by Gasteiger charge is -2.09. The van der Waals surface area contributed by atoms with E-state index in [-0.39, 0.29) is 28.6 Å². The number of phenols is 1. The third kappa shape index (κ3) is 6.75. The SMILES string of the molecule is Nc1cc(SOOO)cc(N/N=C(\N=Nc2ccc(S(=O)(=O)O)cc2C(=O)O)c2ccccc2)c1O. The van der Waals surface area contributed by atoms with Crippen molar-refractivity contribution in [3.63, 3.8) is 0 Å². The smallest absolute Gasteiger partial charge is 0.338 e. The zero-order valence-corrected chi connectivity index (χ0v) is 19.5. The first-order chi connectivity index (χ1) is 17.1. The van der Waals surface area contributed by atoms with Crippen molar-refractivity contribution in [3.8, 4) is 5.75 Å². The molecule has 0 spiro atoms. The maximum absolute atomic E-state index is 11.6. The van der Waals surface area contributed by atoms with Crippen LogP contribution in [-0.4, -0.2) is 40.2 Å². The van der Waals surface area contributed by atoms with Crippen molar-refractivity contribution in [1.82, 2.24) is 0 Å². The van der Waals surface area contributed by atoms with E-state index in [2.05, 4.69) is 30.1 Å². The number of carboxylic acid groups (broad SMARTS) is 1. The van der Waals surface area contributed by atoms with Crippen LogP contribution in [0.1, 0.15) is 15.9 Å². The van der Waals surface area contributed by atoms with E-state index in [4.69, 9.17) is 11.0 Å². The van der Waals surface area contributed by atoms with E-state index in [1.54, 1.807) is 30.3 Å². The standard InChI is InChI=1S/C20H17N5O9S2/c21-15-8-12(35-34-33-29)9-17(18(15)26)23-25-19(11-4-2-1-3-5-11)24-22-16-7-6-13(36(30,31)32)10-14(16)20(27)28/h1-10,23,26,29H,21H2,(H,27,28)(H,30,31,32)/b24-22?,25-19-. The summed E-state index contributed by atoms with van der Waals surface area (Å²) in [5.41, 5.74) is 8.00. The second kappa shape index (κ2) is 11.6. The fourth-order valence-corrected chi connectivity index (χ4v) is 3.65. The van der Waals surface area contributed by atoms with Crippen LogP contribution in [0.5, 0.6) is 5.75 Å². The first-order valence-electron chi connectivity index (χ1n) is 9.53. The number of anilines is 2. The molecule has 0 saturated heterocycles. The molecule has 0 bridgehead atoms. The van der Waals surface area contributed by atoms with Gasteiger partial charge in [0.25, 0.3) is 10.1 Å². The number of carboxylic acids is 1. The Morgan fingerprint density at radius 1 is 1.08 bits per heavy atom. The molecule has 36 heavy (non-hydrogen) atoms. The molecule has 3 rings (SSSR count). The number of hydrazone groups is 1. The Morgan fingerprint density at radius 2 is 1.81 bits per heavy atom. The predicted molar refractivity (Wildman–Crippen MR) is 128 cm³/mol. The summed E-state index contributed by atoms with van der Waals surface area (Å²) in [7, 11) is -4.64. The molecule has 0 aliphatic heterocycles. The zero-order valence-electron chi connectivity index (χ0n) is 17.8. The molecule has 7 N–H and O–H groups in total. The first-order valence-corrected chi connectivity index (χ1v) is 11.7. The van der Waals surface area contributed by atoms with E-state index < -0.39 is 26.5 Å². The van der Waals surface area contributed by atoms with Gasteiger partial charge in [-0.25, -0.2) is 10.1 Å². The number of aromatic carboxylic acids is 1. The second-order valence-corrected chi connectivity index (χ2v) is 8.90. The number of nitrogens with two attached hydrogens (primary N) is 1. The summed E-state index contributed by atoms with van der Waals surface area (Å²) in [5.74, 6) is -1.92. The summed E-state index contributed by atoms with van der Waals surface area (Å²) >= 11 is 0.593. The molecule has 0 atom stereocenters. The van der Waals surface area contributed by atoms with Gasteiger partial charge < -0.3 is 15.9 Å². The molecule has 0 amide bonds. The summed E-state index contributed by atoms with van der Waals surface area (Å²) in [6, 6.07) is 13.8. The number of phenolic OH excluding ortho intramolecular Hbond substituents is 1. The molecule has 0 saturated carbocycles. The molecule has 0 unspecified atom stereocenters. The Kier molecular flexibility index (Phi) is 8.54. The lowest BCUT2D eigenvalue weighted by atomic mass is 10.2. The number of rotatable bonds is 9. The van der Waals surface area contributed by atoms with Gasteiger partial charge >= 0.3 is 5.97 Å². The molecular weight excluding hydrogens is 518 g/mol. The second-order valence-electron chi connectivity index (χ2n) is 6.71. The number of hydrogen-bond acceptors (Lipinski definition) is 12. The number of carbonyl (C=O) groups is 1. The Labute approximate surface area is 207 Å². The average Bonchev–Trinajstić information content (AvgIpc) is 2.85. The van der Waals surface area contributed by atoms with Gasteiger partial charge in [-0.15, -0.1) is 14.6 Å². The zero-order chi connectivity index (χ0) is 26.3. The van der Waals surface area contributed by atoms with Crippen molar-refractivity contribution in [2.75, 3.05) is 11.2 Å². The van der Waals surface area contributed by atoms with Gasteiger partial charge in [0, 0.05) is 10.5 Å². The van der Waals surface area contributed by atoms with Crippen molar-refractivity contribution in [2.45, 2.75) is 9.79 Å². The number of benzene rings is 3. The molecule has 3 aromatic rings. The van der Waals surface area contributed by atoms with E-state index in [0.29, 0.717) is 22.5 Å². The first kappa shape index (κ1) is 26.5. The Bertz CT molecular complexity index is 1430. The van der Waals surface area contributed by atoms with Gasteiger partial charge in [-0.05, 0) is 30.3 Å². The van der Waals surface area contributed by atoms with E-state index >= 15 is 0 Å². The summed E-state index contributed by atoms with van der Waals surface area (Å²) in [6.07, 6.45) is 0. The van der Waals surface area contributed by atoms with Gasteiger partial charge in [0.05, 0.1) is 28.2 Å². The fourth-order valence-electron chi connectivity index (χ4n) is 2.70. The number of nitrogens with zero attached hydrogens (tertiary/aromatic N) is 3. The number of azo groups is 1. The molecule has 0 aliphatic carbocycles. The molecule has 16 heteroatoms. The minimum Gasteiger partial charge on any atom is -0.504 e. The van der Waals surface area contributed by atoms with Crippen molar-refractivity contribution < 1.29 is 42.6 Å². The van der Waals surface area contributed by atoms with Crippen LogP contribution in [0.25, 0.3) is 0 Å². The summed E-state index contributed by atoms with van der Waals surface area (Å²) in [4.78, 5) is 11.3. The molecule has 3 aromatic carbocycles. The molecule has 0 radical (unpaired) electrons. The molecule has 188 valence electrons. The molecule has 14 nitrogen and oxygen atoms in total. The van der Waals surface area contributed by atoms with Crippen LogP contribution in [-0.2, 0) is 19.5 Å². The van der Waals surface area contributed by atoms with Gasteiger partial charge in [0.1, 0.15) is 11.4 Å². The largest absolute Gasteiger partial charge is 0.504 e. The normalized spacial score (nSPS) is 12.1. The Morgan fingerprint density at radius 3 is 2.44 bits per heavy atom. The number of nitrogen functional groups attached to an aromatic ring is 1. The van der Waals surface area contributed by atoms with Gasteiger partial charge in [0.2, 0.25) is 5.84 Å². The number of amidine groups is 1. The highest BCUT2D eigenvalue weighted by molar-refractivity contribution is 7.94. The van der Waals surface area contributed by atoms with E-state index in [1.165, 1.54) is 12.1 Å². The average molecular weight is 536 g/mol.